The number of ether oxygens (including phenoxy) is 3. The third kappa shape index (κ3) is 3.42. The average Bonchev–Trinajstić information content (AvgIpc) is 3.44. The molecule has 4 fully saturated rings. The van der Waals surface area contributed by atoms with Crippen LogP contribution in [0.15, 0.2) is 23.3 Å². The molecule has 37 heavy (non-hydrogen) atoms. The van der Waals surface area contributed by atoms with Crippen molar-refractivity contribution in [3.63, 3.8) is 0 Å². The zero-order valence-corrected chi connectivity index (χ0v) is 23.2. The van der Waals surface area contributed by atoms with Gasteiger partial charge in [0, 0.05) is 19.0 Å². The van der Waals surface area contributed by atoms with E-state index in [1.165, 1.54) is 0 Å². The summed E-state index contributed by atoms with van der Waals surface area (Å²) >= 11 is 0. The van der Waals surface area contributed by atoms with E-state index in [1.54, 1.807) is 4.90 Å². The predicted molar refractivity (Wildman–Crippen MR) is 137 cm³/mol. The van der Waals surface area contributed by atoms with Crippen molar-refractivity contribution in [2.75, 3.05) is 19.7 Å². The van der Waals surface area contributed by atoms with Gasteiger partial charge in [-0.2, -0.15) is 0 Å². The van der Waals surface area contributed by atoms with Crippen LogP contribution in [0.25, 0.3) is 0 Å². The van der Waals surface area contributed by atoms with Crippen LogP contribution in [0, 0.1) is 34.5 Å². The molecule has 4 aliphatic carbocycles. The van der Waals surface area contributed by atoms with E-state index < -0.39 is 35.1 Å². The highest BCUT2D eigenvalue weighted by Gasteiger charge is 2.77. The molecule has 0 aromatic rings. The predicted octanol–water partition coefficient (Wildman–Crippen LogP) is 4.63. The number of carbonyl (C=O) groups is 2. The van der Waals surface area contributed by atoms with Gasteiger partial charge in [0.05, 0.1) is 12.0 Å². The standard InChI is InChI=1S/C30H43NO6/c1-17-15-29-18(2)13-21-22(27(21,3)4)20(23(29)32)14-19-16-35-28(5,6)37-25(19)30(29,34)24(17)36-26(33)31-11-9-7-8-10-12-31/h14-15,18,20-22,24-25,34H,7-13,16H2,1-6H3/t18-,20+,21-,22+,24+,25-,29+,30-/m1/s1. The monoisotopic (exact) mass is 513 g/mol. The van der Waals surface area contributed by atoms with Gasteiger partial charge in [0.15, 0.2) is 23.3 Å². The van der Waals surface area contributed by atoms with Crippen LogP contribution in [0.4, 0.5) is 4.79 Å². The summed E-state index contributed by atoms with van der Waals surface area (Å²) in [6.07, 6.45) is 6.73. The molecule has 2 saturated carbocycles. The smallest absolute Gasteiger partial charge is 0.410 e. The van der Waals surface area contributed by atoms with Crippen molar-refractivity contribution in [2.45, 2.75) is 97.2 Å². The Hall–Kier alpha value is -1.70. The molecule has 2 heterocycles. The van der Waals surface area contributed by atoms with Crippen molar-refractivity contribution < 1.29 is 28.9 Å². The Morgan fingerprint density at radius 1 is 1.14 bits per heavy atom. The van der Waals surface area contributed by atoms with E-state index in [9.17, 15) is 14.7 Å². The lowest BCUT2D eigenvalue weighted by Gasteiger charge is -2.52. The molecule has 0 aromatic carbocycles. The third-order valence-electron chi connectivity index (χ3n) is 10.8. The van der Waals surface area contributed by atoms with Gasteiger partial charge in [-0.1, -0.05) is 45.8 Å². The summed E-state index contributed by atoms with van der Waals surface area (Å²) in [5, 5.41) is 13.1. The van der Waals surface area contributed by atoms with Crippen molar-refractivity contribution in [2.24, 2.45) is 34.5 Å². The van der Waals surface area contributed by atoms with Gasteiger partial charge in [0.1, 0.15) is 6.10 Å². The van der Waals surface area contributed by atoms with Crippen molar-refractivity contribution in [1.29, 1.82) is 0 Å². The van der Waals surface area contributed by atoms with E-state index in [2.05, 4.69) is 20.8 Å². The molecule has 2 saturated heterocycles. The number of carbonyl (C=O) groups excluding carboxylic acids is 2. The van der Waals surface area contributed by atoms with Crippen molar-refractivity contribution in [1.82, 2.24) is 4.90 Å². The fraction of sp³-hybridized carbons (Fsp3) is 0.800. The van der Waals surface area contributed by atoms with E-state index >= 15 is 0 Å². The Labute approximate surface area is 220 Å². The summed E-state index contributed by atoms with van der Waals surface area (Å²) in [7, 11) is 0. The highest BCUT2D eigenvalue weighted by molar-refractivity contribution is 5.95. The Bertz CT molecular complexity index is 1070. The Morgan fingerprint density at radius 2 is 1.81 bits per heavy atom. The van der Waals surface area contributed by atoms with E-state index in [0.29, 0.717) is 19.0 Å². The zero-order chi connectivity index (χ0) is 26.5. The first-order valence-electron chi connectivity index (χ1n) is 14.3. The molecule has 204 valence electrons. The number of ketones is 1. The van der Waals surface area contributed by atoms with Crippen molar-refractivity contribution in [3.8, 4) is 0 Å². The summed E-state index contributed by atoms with van der Waals surface area (Å²) in [6.45, 7) is 13.7. The lowest BCUT2D eigenvalue weighted by atomic mass is 9.59. The highest BCUT2D eigenvalue weighted by atomic mass is 16.7. The number of hydrogen-bond acceptors (Lipinski definition) is 6. The molecule has 0 radical (unpaired) electrons. The van der Waals surface area contributed by atoms with Crippen molar-refractivity contribution >= 4 is 11.9 Å². The second-order valence-corrected chi connectivity index (χ2v) is 13.7. The number of Topliss-reactive ketones (excluding diaryl/α,β-unsaturated/α-hetero) is 1. The topological polar surface area (TPSA) is 85.3 Å². The fourth-order valence-corrected chi connectivity index (χ4v) is 8.73. The summed E-state index contributed by atoms with van der Waals surface area (Å²) in [4.78, 5) is 30.0. The number of likely N-dealkylation sites (tertiary alicyclic amines) is 1. The van der Waals surface area contributed by atoms with E-state index in [1.807, 2.05) is 32.9 Å². The quantitative estimate of drug-likeness (QED) is 0.515. The fourth-order valence-electron chi connectivity index (χ4n) is 8.73. The highest BCUT2D eigenvalue weighted by Crippen LogP contribution is 2.72. The second kappa shape index (κ2) is 8.15. The van der Waals surface area contributed by atoms with Crippen LogP contribution in [-0.4, -0.2) is 65.2 Å². The third-order valence-corrected chi connectivity index (χ3v) is 10.8. The van der Waals surface area contributed by atoms with Gasteiger partial charge >= 0.3 is 6.09 Å². The molecule has 1 spiro atoms. The Kier molecular flexibility index (Phi) is 5.63. The summed E-state index contributed by atoms with van der Waals surface area (Å²) in [6, 6.07) is 0. The SMILES string of the molecule is CC1=C[C@]23C(=O)[C@@H](C=C4COC(C)(C)O[C@H]4[C@]2(O)[C@H]1OC(=O)N1CCCCCC1)[C@H]1[C@@H](C[C@H]3C)C1(C)C. The van der Waals surface area contributed by atoms with Crippen LogP contribution in [0.2, 0.25) is 0 Å². The second-order valence-electron chi connectivity index (χ2n) is 13.7. The Balaban J connectivity index is 1.47. The number of amides is 1. The maximum absolute atomic E-state index is 14.7. The van der Waals surface area contributed by atoms with Crippen LogP contribution in [-0.2, 0) is 19.0 Å². The number of fused-ring (bicyclic) bond motifs is 5. The molecule has 0 unspecified atom stereocenters. The van der Waals surface area contributed by atoms with E-state index in [-0.39, 0.29) is 35.6 Å². The first kappa shape index (κ1) is 25.6. The van der Waals surface area contributed by atoms with Gasteiger partial charge in [-0.25, -0.2) is 4.79 Å². The largest absolute Gasteiger partial charge is 0.438 e. The molecule has 1 amide bonds. The summed E-state index contributed by atoms with van der Waals surface area (Å²) < 4.78 is 18.8. The first-order valence-corrected chi connectivity index (χ1v) is 14.3. The van der Waals surface area contributed by atoms with Crippen molar-refractivity contribution in [3.05, 3.63) is 23.3 Å². The molecule has 6 aliphatic rings. The van der Waals surface area contributed by atoms with Gasteiger partial charge in [-0.05, 0) is 74.3 Å². The summed E-state index contributed by atoms with van der Waals surface area (Å²) in [5.74, 6) is -0.742. The normalized spacial score (nSPS) is 45.7. The van der Waals surface area contributed by atoms with Gasteiger partial charge in [-0.15, -0.1) is 0 Å². The maximum Gasteiger partial charge on any atom is 0.410 e. The number of allylic oxidation sites excluding steroid dienone is 1. The van der Waals surface area contributed by atoms with Gasteiger partial charge in [0.2, 0.25) is 0 Å². The first-order chi connectivity index (χ1) is 17.3. The van der Waals surface area contributed by atoms with Gasteiger partial charge in [-0.3, -0.25) is 4.79 Å². The van der Waals surface area contributed by atoms with Crippen LogP contribution in [0.3, 0.4) is 0 Å². The average molecular weight is 514 g/mol. The van der Waals surface area contributed by atoms with Crippen LogP contribution < -0.4 is 0 Å². The van der Waals surface area contributed by atoms with Crippen LogP contribution in [0.1, 0.15) is 73.6 Å². The lowest BCUT2D eigenvalue weighted by Crippen LogP contribution is -2.68. The molecule has 2 aliphatic heterocycles. The molecular formula is C30H43NO6. The number of rotatable bonds is 1. The molecule has 7 heteroatoms. The van der Waals surface area contributed by atoms with Gasteiger partial charge < -0.3 is 24.2 Å². The Morgan fingerprint density at radius 3 is 2.49 bits per heavy atom. The number of hydrogen-bond donors (Lipinski definition) is 1. The van der Waals surface area contributed by atoms with E-state index in [4.69, 9.17) is 14.2 Å². The van der Waals surface area contributed by atoms with Crippen LogP contribution in [0.5, 0.6) is 0 Å². The van der Waals surface area contributed by atoms with Gasteiger partial charge in [0.25, 0.3) is 0 Å². The molecule has 1 N–H and O–H groups in total. The molecule has 6 rings (SSSR count). The molecule has 2 bridgehead atoms. The minimum Gasteiger partial charge on any atom is -0.438 e. The lowest BCUT2D eigenvalue weighted by molar-refractivity contribution is -0.303. The molecule has 8 atom stereocenters. The minimum atomic E-state index is -1.75. The maximum atomic E-state index is 14.7. The minimum absolute atomic E-state index is 0.0385. The molecule has 7 nitrogen and oxygen atoms in total. The number of nitrogens with zero attached hydrogens (tertiary/aromatic N) is 1. The summed E-state index contributed by atoms with van der Waals surface area (Å²) in [5.41, 5.74) is -1.37. The van der Waals surface area contributed by atoms with E-state index in [0.717, 1.165) is 43.3 Å². The number of aliphatic hydroxyl groups is 1. The molecular weight excluding hydrogens is 470 g/mol. The molecule has 0 aromatic heterocycles. The van der Waals surface area contributed by atoms with Crippen LogP contribution >= 0.6 is 0 Å². The zero-order valence-electron chi connectivity index (χ0n) is 23.2.